The van der Waals surface area contributed by atoms with E-state index in [-0.39, 0.29) is 5.69 Å². The number of hydrogen-bond donors (Lipinski definition) is 4. The van der Waals surface area contributed by atoms with Crippen molar-refractivity contribution in [3.63, 3.8) is 0 Å². The smallest absolute Gasteiger partial charge is 0.411 e. The highest BCUT2D eigenvalue weighted by atomic mass is 16.5. The molecular weight excluding hydrogens is 190 g/mol. The van der Waals surface area contributed by atoms with E-state index in [1.165, 1.54) is 6.07 Å². The van der Waals surface area contributed by atoms with Gasteiger partial charge in [-0.05, 0) is 12.1 Å². The molecule has 0 spiro atoms. The Bertz CT molecular complexity index is 363. The lowest BCUT2D eigenvalue weighted by Crippen LogP contribution is -2.10. The Morgan fingerprint density at radius 1 is 1.29 bits per heavy atom. The van der Waals surface area contributed by atoms with Gasteiger partial charge in [0.15, 0.2) is 11.5 Å². The number of ether oxygens (including phenoxy) is 1. The van der Waals surface area contributed by atoms with Gasteiger partial charge < -0.3 is 20.1 Å². The highest BCUT2D eigenvalue weighted by molar-refractivity contribution is 5.87. The van der Waals surface area contributed by atoms with E-state index in [2.05, 4.69) is 10.1 Å². The molecule has 0 unspecified atom stereocenters. The molecule has 0 atom stereocenters. The van der Waals surface area contributed by atoms with E-state index in [9.17, 15) is 9.90 Å². The summed E-state index contributed by atoms with van der Waals surface area (Å²) >= 11 is 0. The van der Waals surface area contributed by atoms with Crippen LogP contribution in [0.15, 0.2) is 12.1 Å². The number of carbonyl (C=O) groups excluding carboxylic acids is 1. The fraction of sp³-hybridized carbons (Fsp3) is 0.125. The zero-order valence-electron chi connectivity index (χ0n) is 7.31. The van der Waals surface area contributed by atoms with Crippen molar-refractivity contribution < 1.29 is 24.9 Å². The third-order valence-electron chi connectivity index (χ3n) is 1.55. The van der Waals surface area contributed by atoms with Crippen LogP contribution in [0.25, 0.3) is 0 Å². The number of phenolic OH excluding ortho intramolecular Hbond substituents is 3. The predicted octanol–water partition coefficient (Wildman–Crippen LogP) is 0.982. The summed E-state index contributed by atoms with van der Waals surface area (Å²) in [6.45, 7) is 0. The molecule has 0 bridgehead atoms. The number of phenols is 3. The quantitative estimate of drug-likeness (QED) is 0.399. The minimum atomic E-state index is -0.787. The van der Waals surface area contributed by atoms with Crippen LogP contribution in [0.2, 0.25) is 0 Å². The van der Waals surface area contributed by atoms with E-state index in [1.807, 2.05) is 0 Å². The van der Waals surface area contributed by atoms with Crippen LogP contribution in [-0.4, -0.2) is 28.5 Å². The summed E-state index contributed by atoms with van der Waals surface area (Å²) in [6.07, 6.45) is -0.787. The Morgan fingerprint density at radius 3 is 2.50 bits per heavy atom. The maximum atomic E-state index is 10.7. The Labute approximate surface area is 79.4 Å². The highest BCUT2D eigenvalue weighted by Gasteiger charge is 2.12. The third kappa shape index (κ3) is 1.79. The van der Waals surface area contributed by atoms with E-state index in [0.29, 0.717) is 0 Å². The first kappa shape index (κ1) is 9.97. The third-order valence-corrected chi connectivity index (χ3v) is 1.55. The van der Waals surface area contributed by atoms with Crippen LogP contribution in [0.4, 0.5) is 10.5 Å². The average molecular weight is 199 g/mol. The molecule has 6 heteroatoms. The SMILES string of the molecule is COC(=O)Nc1ccc(O)c(O)c1O. The lowest BCUT2D eigenvalue weighted by Gasteiger charge is -2.07. The van der Waals surface area contributed by atoms with E-state index in [0.717, 1.165) is 13.2 Å². The van der Waals surface area contributed by atoms with Crippen molar-refractivity contribution in [1.29, 1.82) is 0 Å². The number of methoxy groups -OCH3 is 1. The predicted molar refractivity (Wildman–Crippen MR) is 47.5 cm³/mol. The van der Waals surface area contributed by atoms with Crippen molar-refractivity contribution in [2.24, 2.45) is 0 Å². The first-order chi connectivity index (χ1) is 6.56. The van der Waals surface area contributed by atoms with Crippen molar-refractivity contribution in [3.8, 4) is 17.2 Å². The number of nitrogens with one attached hydrogen (secondary N) is 1. The second-order valence-electron chi connectivity index (χ2n) is 2.45. The molecule has 0 aromatic heterocycles. The van der Waals surface area contributed by atoms with E-state index < -0.39 is 23.3 Å². The standard InChI is InChI=1S/C8H9NO5/c1-14-8(13)9-4-2-3-5(10)7(12)6(4)11/h2-3,10-12H,1H3,(H,9,13). The van der Waals surface area contributed by atoms with Gasteiger partial charge in [0.25, 0.3) is 0 Å². The number of hydrogen-bond acceptors (Lipinski definition) is 5. The largest absolute Gasteiger partial charge is 0.504 e. The zero-order valence-corrected chi connectivity index (χ0v) is 7.31. The van der Waals surface area contributed by atoms with E-state index in [1.54, 1.807) is 0 Å². The van der Waals surface area contributed by atoms with Gasteiger partial charge in [-0.1, -0.05) is 0 Å². The van der Waals surface area contributed by atoms with Crippen LogP contribution in [-0.2, 0) is 4.74 Å². The summed E-state index contributed by atoms with van der Waals surface area (Å²) in [6, 6.07) is 2.35. The molecule has 1 aromatic rings. The summed E-state index contributed by atoms with van der Waals surface area (Å²) in [5.74, 6) is -1.78. The van der Waals surface area contributed by atoms with Gasteiger partial charge in [-0.2, -0.15) is 0 Å². The Morgan fingerprint density at radius 2 is 1.93 bits per heavy atom. The molecule has 0 fully saturated rings. The fourth-order valence-corrected chi connectivity index (χ4v) is 0.831. The molecule has 14 heavy (non-hydrogen) atoms. The Kier molecular flexibility index (Phi) is 2.66. The molecule has 6 nitrogen and oxygen atoms in total. The van der Waals surface area contributed by atoms with Crippen LogP contribution in [0.1, 0.15) is 0 Å². The molecule has 0 radical (unpaired) electrons. The summed E-state index contributed by atoms with van der Waals surface area (Å²) in [4.78, 5) is 10.7. The highest BCUT2D eigenvalue weighted by Crippen LogP contribution is 2.39. The second kappa shape index (κ2) is 3.73. The van der Waals surface area contributed by atoms with Gasteiger partial charge in [0.2, 0.25) is 5.75 Å². The van der Waals surface area contributed by atoms with Crippen molar-refractivity contribution >= 4 is 11.8 Å². The normalized spacial score (nSPS) is 9.50. The molecule has 0 saturated carbocycles. The van der Waals surface area contributed by atoms with Gasteiger partial charge in [-0.25, -0.2) is 4.79 Å². The lowest BCUT2D eigenvalue weighted by atomic mass is 10.2. The fourth-order valence-electron chi connectivity index (χ4n) is 0.831. The van der Waals surface area contributed by atoms with Crippen molar-refractivity contribution in [2.75, 3.05) is 12.4 Å². The number of anilines is 1. The maximum Gasteiger partial charge on any atom is 0.411 e. The van der Waals surface area contributed by atoms with Crippen LogP contribution >= 0.6 is 0 Å². The molecule has 0 aliphatic rings. The molecule has 1 rings (SSSR count). The molecule has 0 heterocycles. The van der Waals surface area contributed by atoms with Gasteiger partial charge >= 0.3 is 6.09 Å². The summed E-state index contributed by atoms with van der Waals surface area (Å²) in [5, 5.41) is 29.4. The summed E-state index contributed by atoms with van der Waals surface area (Å²) < 4.78 is 4.27. The van der Waals surface area contributed by atoms with Crippen molar-refractivity contribution in [3.05, 3.63) is 12.1 Å². The van der Waals surface area contributed by atoms with Crippen LogP contribution in [0, 0.1) is 0 Å². The zero-order chi connectivity index (χ0) is 10.7. The molecule has 0 aliphatic carbocycles. The molecule has 0 saturated heterocycles. The molecular formula is C8H9NO5. The lowest BCUT2D eigenvalue weighted by molar-refractivity contribution is 0.186. The Hall–Kier alpha value is -2.11. The molecule has 4 N–H and O–H groups in total. The number of carbonyl (C=O) groups is 1. The van der Waals surface area contributed by atoms with Crippen LogP contribution < -0.4 is 5.32 Å². The maximum absolute atomic E-state index is 10.7. The first-order valence-electron chi connectivity index (χ1n) is 3.65. The van der Waals surface area contributed by atoms with Gasteiger partial charge in [-0.3, -0.25) is 5.32 Å². The molecule has 0 aliphatic heterocycles. The molecule has 1 amide bonds. The summed E-state index contributed by atoms with van der Waals surface area (Å²) in [5.41, 5.74) is -0.0489. The minimum absolute atomic E-state index is 0.0489. The van der Waals surface area contributed by atoms with Crippen LogP contribution in [0.5, 0.6) is 17.2 Å². The van der Waals surface area contributed by atoms with Crippen LogP contribution in [0.3, 0.4) is 0 Å². The topological polar surface area (TPSA) is 99.0 Å². The Balaban J connectivity index is 3.00. The van der Waals surface area contributed by atoms with Gasteiger partial charge in [-0.15, -0.1) is 0 Å². The van der Waals surface area contributed by atoms with Crippen molar-refractivity contribution in [1.82, 2.24) is 0 Å². The van der Waals surface area contributed by atoms with Gasteiger partial charge in [0.05, 0.1) is 12.8 Å². The van der Waals surface area contributed by atoms with Crippen molar-refractivity contribution in [2.45, 2.75) is 0 Å². The van der Waals surface area contributed by atoms with Gasteiger partial charge in [0, 0.05) is 0 Å². The average Bonchev–Trinajstić information content (AvgIpc) is 2.19. The number of benzene rings is 1. The van der Waals surface area contributed by atoms with E-state index in [4.69, 9.17) is 10.2 Å². The monoisotopic (exact) mass is 199 g/mol. The second-order valence-corrected chi connectivity index (χ2v) is 2.45. The number of amides is 1. The number of aromatic hydroxyl groups is 3. The first-order valence-corrected chi connectivity index (χ1v) is 3.65. The number of rotatable bonds is 1. The van der Waals surface area contributed by atoms with E-state index >= 15 is 0 Å². The summed E-state index contributed by atoms with van der Waals surface area (Å²) in [7, 11) is 1.16. The minimum Gasteiger partial charge on any atom is -0.504 e. The molecule has 76 valence electrons. The van der Waals surface area contributed by atoms with Gasteiger partial charge in [0.1, 0.15) is 0 Å². The molecule has 1 aromatic carbocycles.